The molecule has 0 radical (unpaired) electrons. The molecule has 1 aromatic carbocycles. The van der Waals surface area contributed by atoms with E-state index in [1.165, 1.54) is 31.3 Å². The molecule has 0 atom stereocenters. The maximum absolute atomic E-state index is 11.6. The average Bonchev–Trinajstić information content (AvgIpc) is 2.47. The van der Waals surface area contributed by atoms with Crippen molar-refractivity contribution >= 4 is 17.7 Å². The van der Waals surface area contributed by atoms with Gasteiger partial charge in [-0.15, -0.1) is 0 Å². The van der Waals surface area contributed by atoms with E-state index < -0.39 is 5.97 Å². The molecule has 0 fully saturated rings. The van der Waals surface area contributed by atoms with Crippen LogP contribution in [0.25, 0.3) is 0 Å². The lowest BCUT2D eigenvalue weighted by atomic mass is 10.2. The fourth-order valence-corrected chi connectivity index (χ4v) is 2.34. The lowest BCUT2D eigenvalue weighted by molar-refractivity contribution is 0.0597. The van der Waals surface area contributed by atoms with E-state index in [0.29, 0.717) is 15.5 Å². The van der Waals surface area contributed by atoms with Gasteiger partial charge in [0, 0.05) is 17.3 Å². The maximum Gasteiger partial charge on any atom is 0.339 e. The van der Waals surface area contributed by atoms with Gasteiger partial charge in [0.05, 0.1) is 12.7 Å². The number of benzene rings is 1. The number of carbonyl (C=O) groups excluding carboxylic acids is 1. The van der Waals surface area contributed by atoms with Crippen molar-refractivity contribution in [3.63, 3.8) is 0 Å². The van der Waals surface area contributed by atoms with Gasteiger partial charge in [-0.1, -0.05) is 23.9 Å². The molecule has 0 N–H and O–H groups in total. The molecule has 2 aromatic rings. The number of aromatic nitrogens is 2. The molecule has 0 saturated carbocycles. The summed E-state index contributed by atoms with van der Waals surface area (Å²) in [7, 11) is 1.33. The van der Waals surface area contributed by atoms with Crippen LogP contribution in [-0.4, -0.2) is 23.0 Å². The molecule has 0 saturated heterocycles. The summed E-state index contributed by atoms with van der Waals surface area (Å²) in [5.41, 5.74) is 0.664. The smallest absolute Gasteiger partial charge is 0.339 e. The highest BCUT2D eigenvalue weighted by Gasteiger charge is 2.14. The molecule has 94 valence electrons. The van der Waals surface area contributed by atoms with Gasteiger partial charge in [0.25, 0.3) is 0 Å². The monoisotopic (exact) mass is 271 g/mol. The van der Waals surface area contributed by atoms with Crippen LogP contribution in [0.1, 0.15) is 16.1 Å². The topological polar surface area (TPSA) is 75.9 Å². The summed E-state index contributed by atoms with van der Waals surface area (Å²) in [6.07, 6.45) is 2.96. The summed E-state index contributed by atoms with van der Waals surface area (Å²) >= 11 is 1.21. The second kappa shape index (κ2) is 5.98. The van der Waals surface area contributed by atoms with E-state index in [0.717, 1.165) is 0 Å². The maximum atomic E-state index is 11.6. The van der Waals surface area contributed by atoms with Gasteiger partial charge in [0.15, 0.2) is 5.69 Å². The highest BCUT2D eigenvalue weighted by Crippen LogP contribution is 2.30. The van der Waals surface area contributed by atoms with Crippen LogP contribution in [0.15, 0.2) is 46.6 Å². The number of nitrogens with zero attached hydrogens (tertiary/aromatic N) is 3. The average molecular weight is 271 g/mol. The van der Waals surface area contributed by atoms with Gasteiger partial charge in [0.2, 0.25) is 0 Å². The van der Waals surface area contributed by atoms with E-state index in [1.54, 1.807) is 24.3 Å². The number of nitriles is 1. The number of hydrogen-bond acceptors (Lipinski definition) is 6. The first-order valence-corrected chi connectivity index (χ1v) is 6.14. The highest BCUT2D eigenvalue weighted by atomic mass is 32.2. The molecular weight excluding hydrogens is 262 g/mol. The molecule has 6 heteroatoms. The standard InChI is InChI=1S/C13H9N3O2S/c1-18-13(17)9-4-2-3-5-11(9)19-12-10(8-14)15-6-7-16-12/h2-7H,1H3. The third-order valence-corrected chi connectivity index (χ3v) is 3.34. The van der Waals surface area contributed by atoms with Gasteiger partial charge < -0.3 is 4.74 Å². The summed E-state index contributed by atoms with van der Waals surface area (Å²) in [6, 6.07) is 8.95. The number of rotatable bonds is 3. The van der Waals surface area contributed by atoms with Crippen molar-refractivity contribution in [2.24, 2.45) is 0 Å². The van der Waals surface area contributed by atoms with Crippen molar-refractivity contribution < 1.29 is 9.53 Å². The minimum Gasteiger partial charge on any atom is -0.465 e. The Morgan fingerprint density at radius 3 is 2.79 bits per heavy atom. The number of methoxy groups -OCH3 is 1. The molecule has 19 heavy (non-hydrogen) atoms. The Hall–Kier alpha value is -2.39. The Bertz CT molecular complexity index is 652. The predicted molar refractivity (Wildman–Crippen MR) is 68.7 cm³/mol. The van der Waals surface area contributed by atoms with E-state index >= 15 is 0 Å². The zero-order valence-electron chi connectivity index (χ0n) is 10.0. The Labute approximate surface area is 114 Å². The first-order valence-electron chi connectivity index (χ1n) is 5.32. The van der Waals surface area contributed by atoms with Crippen LogP contribution in [0.3, 0.4) is 0 Å². The number of carbonyl (C=O) groups is 1. The third kappa shape index (κ3) is 2.89. The minimum absolute atomic E-state index is 0.229. The second-order valence-electron chi connectivity index (χ2n) is 3.41. The van der Waals surface area contributed by atoms with Gasteiger partial charge >= 0.3 is 5.97 Å². The molecule has 5 nitrogen and oxygen atoms in total. The van der Waals surface area contributed by atoms with Crippen molar-refractivity contribution in [3.05, 3.63) is 47.9 Å². The lowest BCUT2D eigenvalue weighted by Crippen LogP contribution is -2.03. The van der Waals surface area contributed by atoms with Gasteiger partial charge in [-0.25, -0.2) is 14.8 Å². The van der Waals surface area contributed by atoms with Crippen molar-refractivity contribution in [1.82, 2.24) is 9.97 Å². The van der Waals surface area contributed by atoms with Crippen LogP contribution >= 0.6 is 11.8 Å². The number of esters is 1. The molecule has 1 aromatic heterocycles. The third-order valence-electron chi connectivity index (χ3n) is 2.27. The van der Waals surface area contributed by atoms with Crippen molar-refractivity contribution in [2.75, 3.05) is 7.11 Å². The molecule has 0 aliphatic heterocycles. The molecule has 0 unspecified atom stereocenters. The van der Waals surface area contributed by atoms with Crippen LogP contribution in [0.5, 0.6) is 0 Å². The first-order chi connectivity index (χ1) is 9.26. The van der Waals surface area contributed by atoms with Crippen LogP contribution in [0.2, 0.25) is 0 Å². The van der Waals surface area contributed by atoms with E-state index in [1.807, 2.05) is 6.07 Å². The molecule has 0 spiro atoms. The van der Waals surface area contributed by atoms with E-state index in [9.17, 15) is 4.79 Å². The van der Waals surface area contributed by atoms with Crippen LogP contribution in [0.4, 0.5) is 0 Å². The molecular formula is C13H9N3O2S. The van der Waals surface area contributed by atoms with Gasteiger partial charge in [0.1, 0.15) is 11.1 Å². The molecule has 0 bridgehead atoms. The molecule has 0 aliphatic carbocycles. The van der Waals surface area contributed by atoms with Crippen LogP contribution in [-0.2, 0) is 4.74 Å². The zero-order chi connectivity index (χ0) is 13.7. The van der Waals surface area contributed by atoms with Crippen molar-refractivity contribution in [2.45, 2.75) is 9.92 Å². The van der Waals surface area contributed by atoms with Crippen molar-refractivity contribution in [1.29, 1.82) is 5.26 Å². The van der Waals surface area contributed by atoms with E-state index in [2.05, 4.69) is 9.97 Å². The van der Waals surface area contributed by atoms with E-state index in [4.69, 9.17) is 10.00 Å². The number of ether oxygens (including phenoxy) is 1. The molecule has 1 heterocycles. The normalized spacial score (nSPS) is 9.68. The first kappa shape index (κ1) is 13.1. The fraction of sp³-hybridized carbons (Fsp3) is 0.0769. The summed E-state index contributed by atoms with van der Waals surface area (Å²) in [6.45, 7) is 0. The van der Waals surface area contributed by atoms with Crippen LogP contribution in [0, 0.1) is 11.3 Å². The predicted octanol–water partition coefficient (Wildman–Crippen LogP) is 2.29. The largest absolute Gasteiger partial charge is 0.465 e. The Kier molecular flexibility index (Phi) is 4.11. The van der Waals surface area contributed by atoms with Crippen LogP contribution < -0.4 is 0 Å². The molecule has 2 rings (SSSR count). The summed E-state index contributed by atoms with van der Waals surface area (Å²) < 4.78 is 4.72. The van der Waals surface area contributed by atoms with Gasteiger partial charge in [-0.05, 0) is 12.1 Å². The second-order valence-corrected chi connectivity index (χ2v) is 4.44. The summed E-state index contributed by atoms with van der Waals surface area (Å²) in [4.78, 5) is 20.3. The summed E-state index contributed by atoms with van der Waals surface area (Å²) in [5, 5.41) is 9.42. The summed E-state index contributed by atoms with van der Waals surface area (Å²) in [5.74, 6) is -0.425. The Morgan fingerprint density at radius 2 is 2.05 bits per heavy atom. The lowest BCUT2D eigenvalue weighted by Gasteiger charge is -2.06. The van der Waals surface area contributed by atoms with E-state index in [-0.39, 0.29) is 5.69 Å². The molecule has 0 amide bonds. The highest BCUT2D eigenvalue weighted by molar-refractivity contribution is 7.99. The Morgan fingerprint density at radius 1 is 1.32 bits per heavy atom. The van der Waals surface area contributed by atoms with Gasteiger partial charge in [-0.3, -0.25) is 0 Å². The quantitative estimate of drug-likeness (QED) is 0.797. The SMILES string of the molecule is COC(=O)c1ccccc1Sc1nccnc1C#N. The minimum atomic E-state index is -0.425. The Balaban J connectivity index is 2.39. The molecule has 0 aliphatic rings. The number of hydrogen-bond donors (Lipinski definition) is 0. The zero-order valence-corrected chi connectivity index (χ0v) is 10.8. The van der Waals surface area contributed by atoms with Crippen molar-refractivity contribution in [3.8, 4) is 6.07 Å². The van der Waals surface area contributed by atoms with Gasteiger partial charge in [-0.2, -0.15) is 5.26 Å². The fourth-order valence-electron chi connectivity index (χ4n) is 1.42.